The fourth-order valence-corrected chi connectivity index (χ4v) is 4.69. The standard InChI is InChI=1S/C19H25FN2S/c1-22-10-4-7-14(22)11-15-18-16(8-3-9-17(18)23-12-20)21-19(15)13-5-2-6-13/h3,8-9,13-14,21H,2,4-7,10-12H2,1H3/t14-/m1/s1/i1D3. The third-order valence-corrected chi connectivity index (χ3v) is 6.22. The van der Waals surface area contributed by atoms with Gasteiger partial charge in [0, 0.05) is 31.6 Å². The quantitative estimate of drug-likeness (QED) is 0.767. The van der Waals surface area contributed by atoms with Crippen molar-refractivity contribution in [1.82, 2.24) is 9.88 Å². The Morgan fingerprint density at radius 3 is 3.00 bits per heavy atom. The molecule has 1 atom stereocenters. The number of nitrogens with zero attached hydrogens (tertiary/aromatic N) is 1. The number of aromatic amines is 1. The molecule has 1 saturated heterocycles. The summed E-state index contributed by atoms with van der Waals surface area (Å²) in [4.78, 5) is 6.24. The highest BCUT2D eigenvalue weighted by Gasteiger charge is 2.29. The second-order valence-electron chi connectivity index (χ2n) is 6.77. The van der Waals surface area contributed by atoms with Crippen LogP contribution in [-0.4, -0.2) is 35.5 Å². The van der Waals surface area contributed by atoms with Crippen LogP contribution in [0.1, 0.15) is 53.4 Å². The Kier molecular flexibility index (Phi) is 3.49. The number of benzene rings is 1. The lowest BCUT2D eigenvalue weighted by Crippen LogP contribution is -2.27. The van der Waals surface area contributed by atoms with Gasteiger partial charge in [-0.15, -0.1) is 0 Å². The Morgan fingerprint density at radius 2 is 2.26 bits per heavy atom. The summed E-state index contributed by atoms with van der Waals surface area (Å²) in [5.74, 6) is 0.531. The lowest BCUT2D eigenvalue weighted by Gasteiger charge is -2.27. The molecule has 2 heterocycles. The zero-order chi connectivity index (χ0) is 18.3. The van der Waals surface area contributed by atoms with Crippen LogP contribution in [0.25, 0.3) is 10.9 Å². The minimum absolute atomic E-state index is 0.0313. The number of hydrogen-bond donors (Lipinski definition) is 1. The molecule has 4 rings (SSSR count). The highest BCUT2D eigenvalue weighted by molar-refractivity contribution is 7.99. The summed E-state index contributed by atoms with van der Waals surface area (Å²) in [6, 6.07) is 5.58. The predicted molar refractivity (Wildman–Crippen MR) is 96.1 cm³/mol. The van der Waals surface area contributed by atoms with E-state index in [1.165, 1.54) is 42.3 Å². The molecule has 1 aliphatic heterocycles. The van der Waals surface area contributed by atoms with Crippen LogP contribution in [-0.2, 0) is 6.42 Å². The maximum Gasteiger partial charge on any atom is 0.139 e. The van der Waals surface area contributed by atoms with Crippen molar-refractivity contribution in [3.8, 4) is 0 Å². The highest BCUT2D eigenvalue weighted by atomic mass is 32.2. The molecule has 0 bridgehead atoms. The van der Waals surface area contributed by atoms with Gasteiger partial charge in [0.05, 0.1) is 0 Å². The third kappa shape index (κ3) is 2.80. The zero-order valence-electron chi connectivity index (χ0n) is 16.3. The summed E-state index contributed by atoms with van der Waals surface area (Å²) in [7, 11) is 0. The lowest BCUT2D eigenvalue weighted by molar-refractivity contribution is 0.308. The van der Waals surface area contributed by atoms with Crippen molar-refractivity contribution in [1.29, 1.82) is 0 Å². The molecule has 124 valence electrons. The number of fused-ring (bicyclic) bond motifs is 1. The van der Waals surface area contributed by atoms with E-state index < -0.39 is 13.0 Å². The van der Waals surface area contributed by atoms with Crippen LogP contribution in [0, 0.1) is 0 Å². The van der Waals surface area contributed by atoms with Gasteiger partial charge < -0.3 is 9.88 Å². The van der Waals surface area contributed by atoms with Gasteiger partial charge in [0.1, 0.15) is 6.01 Å². The van der Waals surface area contributed by atoms with Crippen molar-refractivity contribution in [2.75, 3.05) is 19.5 Å². The average Bonchev–Trinajstić information content (AvgIpc) is 3.12. The Balaban J connectivity index is 1.76. The van der Waals surface area contributed by atoms with Gasteiger partial charge in [-0.2, -0.15) is 0 Å². The van der Waals surface area contributed by atoms with E-state index in [0.29, 0.717) is 12.5 Å². The zero-order valence-corrected chi connectivity index (χ0v) is 14.1. The van der Waals surface area contributed by atoms with E-state index in [1.54, 1.807) is 4.90 Å². The average molecular weight is 336 g/mol. The number of likely N-dealkylation sites (tertiary alicyclic amines) is 1. The van der Waals surface area contributed by atoms with Crippen molar-refractivity contribution in [3.05, 3.63) is 29.5 Å². The first kappa shape index (κ1) is 12.4. The van der Waals surface area contributed by atoms with E-state index in [2.05, 4.69) is 11.1 Å². The number of rotatable bonds is 5. The van der Waals surface area contributed by atoms with Gasteiger partial charge in [-0.05, 0) is 69.2 Å². The molecule has 1 N–H and O–H groups in total. The Bertz CT molecular complexity index is 785. The smallest absolute Gasteiger partial charge is 0.139 e. The summed E-state index contributed by atoms with van der Waals surface area (Å²) in [6.07, 6.45) is 6.17. The van der Waals surface area contributed by atoms with E-state index in [-0.39, 0.29) is 6.04 Å². The molecule has 2 fully saturated rings. The maximum absolute atomic E-state index is 13.1. The Labute approximate surface area is 146 Å². The molecule has 4 heteroatoms. The van der Waals surface area contributed by atoms with Crippen LogP contribution >= 0.6 is 11.8 Å². The molecule has 2 aromatic rings. The summed E-state index contributed by atoms with van der Waals surface area (Å²) < 4.78 is 36.6. The summed E-state index contributed by atoms with van der Waals surface area (Å²) in [6.45, 7) is -1.41. The van der Waals surface area contributed by atoms with Gasteiger partial charge in [0.25, 0.3) is 0 Å². The van der Waals surface area contributed by atoms with Crippen LogP contribution in [0.5, 0.6) is 0 Å². The number of likely N-dealkylation sites (N-methyl/N-ethyl adjacent to an activating group) is 1. The van der Waals surface area contributed by atoms with E-state index >= 15 is 0 Å². The molecule has 0 spiro atoms. The first-order valence-electron chi connectivity index (χ1n) is 10.1. The number of hydrogen-bond acceptors (Lipinski definition) is 2. The number of H-pyrrole nitrogens is 1. The van der Waals surface area contributed by atoms with Gasteiger partial charge in [-0.25, -0.2) is 4.39 Å². The van der Waals surface area contributed by atoms with Crippen molar-refractivity contribution < 1.29 is 8.50 Å². The minimum atomic E-state index is -2.04. The Hall–Kier alpha value is -1.000. The van der Waals surface area contributed by atoms with Crippen LogP contribution in [0.15, 0.2) is 23.1 Å². The van der Waals surface area contributed by atoms with Crippen molar-refractivity contribution in [3.63, 3.8) is 0 Å². The third-order valence-electron chi connectivity index (χ3n) is 5.46. The molecule has 1 aromatic heterocycles. The predicted octanol–water partition coefficient (Wildman–Crippen LogP) is 5.09. The molecular formula is C19H25FN2S. The summed E-state index contributed by atoms with van der Waals surface area (Å²) >= 11 is 1.22. The molecule has 23 heavy (non-hydrogen) atoms. The first-order valence-corrected chi connectivity index (χ1v) is 9.56. The van der Waals surface area contributed by atoms with Crippen molar-refractivity contribution >= 4 is 22.7 Å². The van der Waals surface area contributed by atoms with Gasteiger partial charge in [-0.3, -0.25) is 0 Å². The molecule has 1 aliphatic carbocycles. The van der Waals surface area contributed by atoms with Gasteiger partial charge >= 0.3 is 0 Å². The largest absolute Gasteiger partial charge is 0.358 e. The molecule has 0 amide bonds. The fraction of sp³-hybridized carbons (Fsp3) is 0.579. The lowest BCUT2D eigenvalue weighted by atomic mass is 9.80. The van der Waals surface area contributed by atoms with Crippen molar-refractivity contribution in [2.24, 2.45) is 0 Å². The van der Waals surface area contributed by atoms with E-state index in [4.69, 9.17) is 4.11 Å². The molecule has 0 unspecified atom stereocenters. The number of halogens is 1. The summed E-state index contributed by atoms with van der Waals surface area (Å²) in [5.41, 5.74) is 3.54. The molecule has 2 nitrogen and oxygen atoms in total. The van der Waals surface area contributed by atoms with Crippen molar-refractivity contribution in [2.45, 2.75) is 55.4 Å². The van der Waals surface area contributed by atoms with E-state index in [9.17, 15) is 4.39 Å². The Morgan fingerprint density at radius 1 is 1.35 bits per heavy atom. The van der Waals surface area contributed by atoms with E-state index in [1.807, 2.05) is 12.1 Å². The van der Waals surface area contributed by atoms with Crippen LogP contribution in [0.4, 0.5) is 4.39 Å². The highest BCUT2D eigenvalue weighted by Crippen LogP contribution is 2.43. The van der Waals surface area contributed by atoms with Gasteiger partial charge in [0.2, 0.25) is 0 Å². The fourth-order valence-electron chi connectivity index (χ4n) is 4.02. The topological polar surface area (TPSA) is 19.0 Å². The van der Waals surface area contributed by atoms with Crippen LogP contribution in [0.3, 0.4) is 0 Å². The molecular weight excluding hydrogens is 307 g/mol. The van der Waals surface area contributed by atoms with Gasteiger partial charge in [0.15, 0.2) is 0 Å². The number of thioether (sulfide) groups is 1. The van der Waals surface area contributed by atoms with Crippen LogP contribution in [0.2, 0.25) is 0 Å². The normalized spacial score (nSPS) is 25.3. The number of alkyl halides is 1. The molecule has 1 saturated carbocycles. The number of aromatic nitrogens is 1. The second-order valence-corrected chi connectivity index (χ2v) is 7.72. The van der Waals surface area contributed by atoms with Gasteiger partial charge in [-0.1, -0.05) is 24.2 Å². The molecule has 1 aromatic carbocycles. The van der Waals surface area contributed by atoms with Crippen LogP contribution < -0.4 is 0 Å². The minimum Gasteiger partial charge on any atom is -0.358 e. The maximum atomic E-state index is 13.1. The number of nitrogens with one attached hydrogen (secondary N) is 1. The molecule has 0 radical (unpaired) electrons. The summed E-state index contributed by atoms with van der Waals surface area (Å²) in [5, 5.41) is 1.11. The SMILES string of the molecule is [2H]C([2H])([2H])N1CCC[C@@H]1Cc1c(C2CCC2)[nH]c2cccc(SCF)c12. The second kappa shape index (κ2) is 6.48. The monoisotopic (exact) mass is 335 g/mol. The first-order chi connectivity index (χ1) is 12.5. The van der Waals surface area contributed by atoms with E-state index in [0.717, 1.165) is 35.1 Å². The molecule has 2 aliphatic rings.